The number of hydrogen-bond donors (Lipinski definition) is 1. The maximum atomic E-state index is 5.63. The second-order valence-electron chi connectivity index (χ2n) is 5.99. The van der Waals surface area contributed by atoms with Crippen molar-refractivity contribution in [3.8, 4) is 5.75 Å². The summed E-state index contributed by atoms with van der Waals surface area (Å²) in [6.07, 6.45) is 6.85. The van der Waals surface area contributed by atoms with E-state index < -0.39 is 0 Å². The number of halogens is 2. The number of nitrogens with one attached hydrogen (secondary N) is 1. The average molecular weight is 419 g/mol. The normalized spacial score (nSPS) is 17.1. The Labute approximate surface area is 145 Å². The molecule has 0 heterocycles. The SMILES string of the molecule is CCOc1c(Br)cc(CNCC2(CC)CCCC2)cc1Br. The first-order valence-corrected chi connectivity index (χ1v) is 9.50. The monoisotopic (exact) mass is 417 g/mol. The molecule has 4 heteroatoms. The Kier molecular flexibility index (Phi) is 6.57. The molecule has 0 aliphatic heterocycles. The highest BCUT2D eigenvalue weighted by Gasteiger charge is 2.31. The molecule has 118 valence electrons. The van der Waals surface area contributed by atoms with Gasteiger partial charge in [0.1, 0.15) is 5.75 Å². The van der Waals surface area contributed by atoms with Crippen molar-refractivity contribution in [3.05, 3.63) is 26.6 Å². The van der Waals surface area contributed by atoms with Crippen molar-refractivity contribution in [2.75, 3.05) is 13.2 Å². The molecule has 0 aromatic heterocycles. The topological polar surface area (TPSA) is 21.3 Å². The minimum Gasteiger partial charge on any atom is -0.492 e. The van der Waals surface area contributed by atoms with Crippen LogP contribution in [0.15, 0.2) is 21.1 Å². The molecular weight excluding hydrogens is 394 g/mol. The highest BCUT2D eigenvalue weighted by molar-refractivity contribution is 9.11. The van der Waals surface area contributed by atoms with E-state index in [1.165, 1.54) is 37.7 Å². The quantitative estimate of drug-likeness (QED) is 0.615. The third-order valence-corrected chi connectivity index (χ3v) is 5.77. The summed E-state index contributed by atoms with van der Waals surface area (Å²) in [4.78, 5) is 0. The van der Waals surface area contributed by atoms with E-state index >= 15 is 0 Å². The summed E-state index contributed by atoms with van der Waals surface area (Å²) >= 11 is 7.20. The van der Waals surface area contributed by atoms with Crippen molar-refractivity contribution in [1.29, 1.82) is 0 Å². The van der Waals surface area contributed by atoms with Crippen LogP contribution in [0.3, 0.4) is 0 Å². The molecule has 1 N–H and O–H groups in total. The first-order valence-electron chi connectivity index (χ1n) is 7.91. The predicted molar refractivity (Wildman–Crippen MR) is 95.9 cm³/mol. The summed E-state index contributed by atoms with van der Waals surface area (Å²) in [6, 6.07) is 4.30. The number of hydrogen-bond acceptors (Lipinski definition) is 2. The van der Waals surface area contributed by atoms with Crippen LogP contribution in [-0.4, -0.2) is 13.2 Å². The fourth-order valence-electron chi connectivity index (χ4n) is 3.25. The second-order valence-corrected chi connectivity index (χ2v) is 7.69. The van der Waals surface area contributed by atoms with Crippen LogP contribution in [0.1, 0.15) is 51.5 Å². The van der Waals surface area contributed by atoms with Crippen LogP contribution < -0.4 is 10.1 Å². The number of rotatable bonds is 7. The van der Waals surface area contributed by atoms with Crippen molar-refractivity contribution in [2.24, 2.45) is 5.41 Å². The van der Waals surface area contributed by atoms with E-state index in [4.69, 9.17) is 4.74 Å². The summed E-state index contributed by atoms with van der Waals surface area (Å²) in [7, 11) is 0. The molecule has 1 fully saturated rings. The molecule has 0 bridgehead atoms. The zero-order valence-corrected chi connectivity index (χ0v) is 16.1. The molecule has 21 heavy (non-hydrogen) atoms. The summed E-state index contributed by atoms with van der Waals surface area (Å²) in [5.41, 5.74) is 1.82. The van der Waals surface area contributed by atoms with E-state index in [-0.39, 0.29) is 0 Å². The molecule has 0 spiro atoms. The first kappa shape index (κ1) is 17.3. The van der Waals surface area contributed by atoms with Crippen LogP contribution in [0.25, 0.3) is 0 Å². The minimum atomic E-state index is 0.541. The van der Waals surface area contributed by atoms with Gasteiger partial charge in [-0.1, -0.05) is 19.8 Å². The van der Waals surface area contributed by atoms with Gasteiger partial charge in [0.05, 0.1) is 15.6 Å². The van der Waals surface area contributed by atoms with Gasteiger partial charge in [-0.25, -0.2) is 0 Å². The third-order valence-electron chi connectivity index (χ3n) is 4.59. The fraction of sp³-hybridized carbons (Fsp3) is 0.647. The molecule has 1 aliphatic rings. The Hall–Kier alpha value is -0.0600. The lowest BCUT2D eigenvalue weighted by atomic mass is 9.83. The highest BCUT2D eigenvalue weighted by atomic mass is 79.9. The lowest BCUT2D eigenvalue weighted by Gasteiger charge is -2.28. The fourth-order valence-corrected chi connectivity index (χ4v) is 4.76. The van der Waals surface area contributed by atoms with Gasteiger partial charge in [0.2, 0.25) is 0 Å². The van der Waals surface area contributed by atoms with Gasteiger partial charge >= 0.3 is 0 Å². The van der Waals surface area contributed by atoms with Crippen molar-refractivity contribution in [2.45, 2.75) is 52.5 Å². The van der Waals surface area contributed by atoms with Gasteiger partial charge in [-0.05, 0) is 81.2 Å². The average Bonchev–Trinajstić information content (AvgIpc) is 2.92. The second kappa shape index (κ2) is 7.98. The third kappa shape index (κ3) is 4.46. The summed E-state index contributed by atoms with van der Waals surface area (Å²) in [5, 5.41) is 3.66. The molecule has 1 aromatic rings. The van der Waals surface area contributed by atoms with E-state index in [1.807, 2.05) is 6.92 Å². The van der Waals surface area contributed by atoms with Crippen LogP contribution in [-0.2, 0) is 6.54 Å². The molecule has 0 atom stereocenters. The van der Waals surface area contributed by atoms with E-state index in [0.717, 1.165) is 27.8 Å². The van der Waals surface area contributed by atoms with Crippen molar-refractivity contribution >= 4 is 31.9 Å². The van der Waals surface area contributed by atoms with Crippen molar-refractivity contribution in [3.63, 3.8) is 0 Å². The van der Waals surface area contributed by atoms with Gasteiger partial charge < -0.3 is 10.1 Å². The van der Waals surface area contributed by atoms with Crippen molar-refractivity contribution in [1.82, 2.24) is 5.32 Å². The zero-order chi connectivity index (χ0) is 15.3. The smallest absolute Gasteiger partial charge is 0.147 e. The summed E-state index contributed by atoms with van der Waals surface area (Å²) < 4.78 is 7.66. The van der Waals surface area contributed by atoms with Crippen LogP contribution in [0.4, 0.5) is 0 Å². The Balaban J connectivity index is 1.94. The van der Waals surface area contributed by atoms with Gasteiger partial charge in [0.25, 0.3) is 0 Å². The summed E-state index contributed by atoms with van der Waals surface area (Å²) in [5.74, 6) is 0.891. The Morgan fingerprint density at radius 1 is 1.14 bits per heavy atom. The Morgan fingerprint density at radius 2 is 1.76 bits per heavy atom. The van der Waals surface area contributed by atoms with E-state index in [1.54, 1.807) is 0 Å². The molecule has 0 radical (unpaired) electrons. The molecule has 1 aromatic carbocycles. The van der Waals surface area contributed by atoms with E-state index in [9.17, 15) is 0 Å². The number of ether oxygens (including phenoxy) is 1. The lowest BCUT2D eigenvalue weighted by molar-refractivity contribution is 0.268. The van der Waals surface area contributed by atoms with Crippen LogP contribution in [0.2, 0.25) is 0 Å². The van der Waals surface area contributed by atoms with Gasteiger partial charge in [-0.3, -0.25) is 0 Å². The largest absolute Gasteiger partial charge is 0.492 e. The van der Waals surface area contributed by atoms with Gasteiger partial charge in [0.15, 0.2) is 0 Å². The van der Waals surface area contributed by atoms with Crippen molar-refractivity contribution < 1.29 is 4.74 Å². The highest BCUT2D eigenvalue weighted by Crippen LogP contribution is 2.40. The van der Waals surface area contributed by atoms with Gasteiger partial charge in [-0.15, -0.1) is 0 Å². The summed E-state index contributed by atoms with van der Waals surface area (Å²) in [6.45, 7) is 7.04. The van der Waals surface area contributed by atoms with Crippen LogP contribution >= 0.6 is 31.9 Å². The molecule has 0 unspecified atom stereocenters. The zero-order valence-electron chi connectivity index (χ0n) is 13.0. The molecule has 2 nitrogen and oxygen atoms in total. The van der Waals surface area contributed by atoms with Gasteiger partial charge in [-0.2, -0.15) is 0 Å². The Morgan fingerprint density at radius 3 is 2.29 bits per heavy atom. The number of benzene rings is 1. The lowest BCUT2D eigenvalue weighted by Crippen LogP contribution is -2.31. The maximum Gasteiger partial charge on any atom is 0.147 e. The Bertz CT molecular complexity index is 447. The molecule has 1 saturated carbocycles. The van der Waals surface area contributed by atoms with Crippen LogP contribution in [0.5, 0.6) is 5.75 Å². The maximum absolute atomic E-state index is 5.63. The standard InChI is InChI=1S/C17H25Br2NO/c1-3-17(7-5-6-8-17)12-20-11-13-9-14(18)16(21-4-2)15(19)10-13/h9-10,20H,3-8,11-12H2,1-2H3. The molecule has 0 saturated heterocycles. The van der Waals surface area contributed by atoms with E-state index in [2.05, 4.69) is 56.2 Å². The first-order chi connectivity index (χ1) is 10.1. The van der Waals surface area contributed by atoms with Crippen LogP contribution in [0, 0.1) is 5.41 Å². The molecule has 2 rings (SSSR count). The predicted octanol–water partition coefficient (Wildman–Crippen LogP) is 5.67. The van der Waals surface area contributed by atoms with E-state index in [0.29, 0.717) is 12.0 Å². The molecule has 0 amide bonds. The molecule has 1 aliphatic carbocycles. The molecular formula is C17H25Br2NO. The minimum absolute atomic E-state index is 0.541. The van der Waals surface area contributed by atoms with Gasteiger partial charge in [0, 0.05) is 13.1 Å².